The Morgan fingerprint density at radius 1 is 1.08 bits per heavy atom. The van der Waals surface area contributed by atoms with Crippen LogP contribution in [0.5, 0.6) is 17.2 Å². The first-order valence-electron chi connectivity index (χ1n) is 7.60. The summed E-state index contributed by atoms with van der Waals surface area (Å²) in [7, 11) is 2.84. The Labute approximate surface area is 150 Å². The van der Waals surface area contributed by atoms with E-state index >= 15 is 0 Å². The first-order valence-corrected chi connectivity index (χ1v) is 7.60. The summed E-state index contributed by atoms with van der Waals surface area (Å²) in [6.07, 6.45) is 1.40. The molecule has 8 nitrogen and oxygen atoms in total. The Hall–Kier alpha value is -3.55. The van der Waals surface area contributed by atoms with Gasteiger partial charge >= 0.3 is 0 Å². The molecule has 3 N–H and O–H groups in total. The van der Waals surface area contributed by atoms with Crippen LogP contribution in [-0.2, 0) is 4.79 Å². The second kappa shape index (κ2) is 8.52. The molecule has 0 aromatic heterocycles. The van der Waals surface area contributed by atoms with E-state index < -0.39 is 5.91 Å². The summed E-state index contributed by atoms with van der Waals surface area (Å²) in [5.41, 5.74) is 3.95. The number of methoxy groups -OCH3 is 2. The number of benzene rings is 2. The van der Waals surface area contributed by atoms with Crippen molar-refractivity contribution in [2.75, 3.05) is 19.5 Å². The molecular weight excluding hydrogens is 338 g/mol. The maximum atomic E-state index is 12.1. The number of phenolic OH excluding ortho intramolecular Hbond substituents is 1. The number of hydrogen-bond acceptors (Lipinski definition) is 6. The number of phenols is 1. The molecule has 0 atom stereocenters. The normalized spacial score (nSPS) is 10.4. The van der Waals surface area contributed by atoms with Gasteiger partial charge in [0.2, 0.25) is 11.7 Å². The molecule has 0 unspecified atom stereocenters. The summed E-state index contributed by atoms with van der Waals surface area (Å²) in [6, 6.07) is 9.49. The largest absolute Gasteiger partial charge is 0.502 e. The number of anilines is 1. The van der Waals surface area contributed by atoms with Gasteiger partial charge in [-0.2, -0.15) is 5.10 Å². The summed E-state index contributed by atoms with van der Waals surface area (Å²) < 4.78 is 10.1. The van der Waals surface area contributed by atoms with Crippen LogP contribution < -0.4 is 20.2 Å². The zero-order valence-corrected chi connectivity index (χ0v) is 14.6. The van der Waals surface area contributed by atoms with E-state index in [9.17, 15) is 14.7 Å². The molecule has 0 radical (unpaired) electrons. The van der Waals surface area contributed by atoms with Crippen LogP contribution in [0.25, 0.3) is 0 Å². The van der Waals surface area contributed by atoms with Crippen molar-refractivity contribution < 1.29 is 24.2 Å². The van der Waals surface area contributed by atoms with Gasteiger partial charge in [0.1, 0.15) is 0 Å². The smallest absolute Gasteiger partial charge is 0.271 e. The lowest BCUT2D eigenvalue weighted by Crippen LogP contribution is -2.17. The summed E-state index contributed by atoms with van der Waals surface area (Å²) in [5, 5.41) is 16.4. The van der Waals surface area contributed by atoms with E-state index in [-0.39, 0.29) is 23.2 Å². The van der Waals surface area contributed by atoms with Gasteiger partial charge in [0, 0.05) is 23.7 Å². The molecule has 2 rings (SSSR count). The van der Waals surface area contributed by atoms with Crippen molar-refractivity contribution in [3.05, 3.63) is 47.5 Å². The molecule has 0 saturated carbocycles. The van der Waals surface area contributed by atoms with Gasteiger partial charge in [0.15, 0.2) is 11.5 Å². The van der Waals surface area contributed by atoms with Crippen molar-refractivity contribution in [2.45, 2.75) is 6.92 Å². The molecule has 136 valence electrons. The predicted octanol–water partition coefficient (Wildman–Crippen LogP) is 2.13. The summed E-state index contributed by atoms with van der Waals surface area (Å²) in [4.78, 5) is 23.0. The minimum Gasteiger partial charge on any atom is -0.502 e. The van der Waals surface area contributed by atoms with Crippen LogP contribution in [0.4, 0.5) is 5.69 Å². The Kier molecular flexibility index (Phi) is 6.15. The topological polar surface area (TPSA) is 109 Å². The molecular formula is C18H19N3O5. The van der Waals surface area contributed by atoms with Gasteiger partial charge in [-0.3, -0.25) is 9.59 Å². The van der Waals surface area contributed by atoms with Crippen molar-refractivity contribution in [2.24, 2.45) is 5.10 Å². The van der Waals surface area contributed by atoms with Gasteiger partial charge < -0.3 is 19.9 Å². The number of hydrazone groups is 1. The Balaban J connectivity index is 2.06. The zero-order valence-electron chi connectivity index (χ0n) is 14.6. The second-order valence-corrected chi connectivity index (χ2v) is 5.23. The van der Waals surface area contributed by atoms with E-state index in [0.29, 0.717) is 16.8 Å². The van der Waals surface area contributed by atoms with Gasteiger partial charge in [0.25, 0.3) is 5.91 Å². The van der Waals surface area contributed by atoms with Crippen LogP contribution >= 0.6 is 0 Å². The van der Waals surface area contributed by atoms with E-state index in [4.69, 9.17) is 9.47 Å². The molecule has 0 bridgehead atoms. The molecule has 0 aliphatic heterocycles. The van der Waals surface area contributed by atoms with Crippen molar-refractivity contribution >= 4 is 23.7 Å². The molecule has 0 aliphatic carbocycles. The molecule has 2 amide bonds. The molecule has 0 heterocycles. The van der Waals surface area contributed by atoms with Crippen LogP contribution in [0.1, 0.15) is 22.8 Å². The highest BCUT2D eigenvalue weighted by Crippen LogP contribution is 2.36. The third-order valence-corrected chi connectivity index (χ3v) is 3.35. The van der Waals surface area contributed by atoms with E-state index in [1.165, 1.54) is 27.4 Å². The monoisotopic (exact) mass is 357 g/mol. The fourth-order valence-corrected chi connectivity index (χ4v) is 2.13. The third-order valence-electron chi connectivity index (χ3n) is 3.35. The van der Waals surface area contributed by atoms with E-state index in [1.54, 1.807) is 36.4 Å². The average molecular weight is 357 g/mol. The Bertz CT molecular complexity index is 806. The number of hydrogen-bond donors (Lipinski definition) is 3. The van der Waals surface area contributed by atoms with Crippen molar-refractivity contribution in [1.82, 2.24) is 5.43 Å². The van der Waals surface area contributed by atoms with Gasteiger partial charge in [0.05, 0.1) is 20.4 Å². The van der Waals surface area contributed by atoms with E-state index in [1.807, 2.05) is 0 Å². The SMILES string of the molecule is COc1cc(/C=N/NC(=O)c2ccc(NC(C)=O)cc2)cc(OC)c1O. The minimum atomic E-state index is -0.409. The van der Waals surface area contributed by atoms with Gasteiger partial charge in [-0.15, -0.1) is 0 Å². The molecule has 0 saturated heterocycles. The van der Waals surface area contributed by atoms with Crippen molar-refractivity contribution in [3.8, 4) is 17.2 Å². The molecule has 2 aromatic rings. The standard InChI is InChI=1S/C18H19N3O5/c1-11(22)20-14-6-4-13(5-7-14)18(24)21-19-10-12-8-15(25-2)17(23)16(9-12)26-3/h4-10,23H,1-3H3,(H,20,22)(H,21,24)/b19-10+. The van der Waals surface area contributed by atoms with E-state index in [0.717, 1.165) is 0 Å². The van der Waals surface area contributed by atoms with Crippen molar-refractivity contribution in [1.29, 1.82) is 0 Å². The summed E-state index contributed by atoms with van der Waals surface area (Å²) >= 11 is 0. The van der Waals surface area contributed by atoms with Gasteiger partial charge in [-0.25, -0.2) is 5.43 Å². The fourth-order valence-electron chi connectivity index (χ4n) is 2.13. The number of rotatable bonds is 6. The lowest BCUT2D eigenvalue weighted by molar-refractivity contribution is -0.114. The number of aromatic hydroxyl groups is 1. The maximum Gasteiger partial charge on any atom is 0.271 e. The highest BCUT2D eigenvalue weighted by Gasteiger charge is 2.10. The van der Waals surface area contributed by atoms with Crippen LogP contribution in [0.3, 0.4) is 0 Å². The number of amides is 2. The molecule has 0 aliphatic rings. The summed E-state index contributed by atoms with van der Waals surface area (Å²) in [5.74, 6) is -0.258. The van der Waals surface area contributed by atoms with Crippen LogP contribution in [0.15, 0.2) is 41.5 Å². The highest BCUT2D eigenvalue weighted by atomic mass is 16.5. The predicted molar refractivity (Wildman–Crippen MR) is 97.0 cm³/mol. The molecule has 8 heteroatoms. The lowest BCUT2D eigenvalue weighted by atomic mass is 10.2. The lowest BCUT2D eigenvalue weighted by Gasteiger charge is -2.09. The van der Waals surface area contributed by atoms with Crippen LogP contribution in [-0.4, -0.2) is 37.4 Å². The third kappa shape index (κ3) is 4.73. The van der Waals surface area contributed by atoms with Crippen molar-refractivity contribution in [3.63, 3.8) is 0 Å². The molecule has 0 fully saturated rings. The number of nitrogens with zero attached hydrogens (tertiary/aromatic N) is 1. The number of nitrogens with one attached hydrogen (secondary N) is 2. The number of ether oxygens (including phenoxy) is 2. The second-order valence-electron chi connectivity index (χ2n) is 5.23. The van der Waals surface area contributed by atoms with Crippen LogP contribution in [0, 0.1) is 0 Å². The highest BCUT2D eigenvalue weighted by molar-refractivity contribution is 5.96. The first-order chi connectivity index (χ1) is 12.4. The molecule has 0 spiro atoms. The first kappa shape index (κ1) is 18.8. The van der Waals surface area contributed by atoms with E-state index in [2.05, 4.69) is 15.8 Å². The van der Waals surface area contributed by atoms with Gasteiger partial charge in [-0.05, 0) is 36.4 Å². The zero-order chi connectivity index (χ0) is 19.1. The Morgan fingerprint density at radius 3 is 2.15 bits per heavy atom. The number of carbonyl (C=O) groups excluding carboxylic acids is 2. The molecule has 2 aromatic carbocycles. The average Bonchev–Trinajstić information content (AvgIpc) is 2.62. The summed E-state index contributed by atoms with van der Waals surface area (Å²) in [6.45, 7) is 1.41. The Morgan fingerprint density at radius 2 is 1.65 bits per heavy atom. The quantitative estimate of drug-likeness (QED) is 0.542. The fraction of sp³-hybridized carbons (Fsp3) is 0.167. The van der Waals surface area contributed by atoms with Crippen LogP contribution in [0.2, 0.25) is 0 Å². The van der Waals surface area contributed by atoms with Gasteiger partial charge in [-0.1, -0.05) is 0 Å². The number of carbonyl (C=O) groups is 2. The minimum absolute atomic E-state index is 0.115. The maximum absolute atomic E-state index is 12.1. The molecule has 26 heavy (non-hydrogen) atoms.